The van der Waals surface area contributed by atoms with Gasteiger partial charge in [0, 0.05) is 12.3 Å². The van der Waals surface area contributed by atoms with Gasteiger partial charge in [-0.1, -0.05) is 19.1 Å². The van der Waals surface area contributed by atoms with Crippen molar-refractivity contribution in [1.29, 1.82) is 0 Å². The van der Waals surface area contributed by atoms with Gasteiger partial charge in [0.25, 0.3) is 0 Å². The highest BCUT2D eigenvalue weighted by Crippen LogP contribution is 2.20. The molecule has 0 saturated heterocycles. The summed E-state index contributed by atoms with van der Waals surface area (Å²) in [4.78, 5) is 14.6. The number of carboxylic acids is 1. The topological polar surface area (TPSA) is 59.4 Å². The van der Waals surface area contributed by atoms with Crippen LogP contribution in [-0.4, -0.2) is 16.1 Å². The Hall–Kier alpha value is -2.36. The number of ether oxygens (including phenoxy) is 1. The third kappa shape index (κ3) is 2.85. The first kappa shape index (κ1) is 12.1. The fraction of sp³-hybridized carbons (Fsp3) is 0.143. The summed E-state index contributed by atoms with van der Waals surface area (Å²) in [6, 6.07) is 10.7. The number of nitrogens with zero attached hydrogens (tertiary/aromatic N) is 1. The van der Waals surface area contributed by atoms with Crippen molar-refractivity contribution in [2.75, 3.05) is 0 Å². The molecule has 0 bridgehead atoms. The monoisotopic (exact) mass is 243 g/mol. The molecule has 0 radical (unpaired) electrons. The second kappa shape index (κ2) is 5.31. The Morgan fingerprint density at radius 2 is 1.94 bits per heavy atom. The quantitative estimate of drug-likeness (QED) is 0.896. The van der Waals surface area contributed by atoms with Crippen molar-refractivity contribution in [3.8, 4) is 11.6 Å². The second-order valence-electron chi connectivity index (χ2n) is 3.79. The zero-order chi connectivity index (χ0) is 13.0. The van der Waals surface area contributed by atoms with Crippen molar-refractivity contribution in [2.45, 2.75) is 13.3 Å². The molecule has 92 valence electrons. The van der Waals surface area contributed by atoms with E-state index in [2.05, 4.69) is 11.9 Å². The van der Waals surface area contributed by atoms with Crippen LogP contribution in [0, 0.1) is 0 Å². The Balaban J connectivity index is 2.10. The highest BCUT2D eigenvalue weighted by molar-refractivity contribution is 5.87. The van der Waals surface area contributed by atoms with Crippen molar-refractivity contribution >= 4 is 5.97 Å². The molecule has 0 atom stereocenters. The summed E-state index contributed by atoms with van der Waals surface area (Å²) in [6.07, 6.45) is 2.25. The molecule has 0 saturated carbocycles. The van der Waals surface area contributed by atoms with Gasteiger partial charge < -0.3 is 9.84 Å². The molecule has 18 heavy (non-hydrogen) atoms. The fourth-order valence-corrected chi connectivity index (χ4v) is 1.48. The smallest absolute Gasteiger partial charge is 0.337 e. The molecule has 0 aliphatic carbocycles. The van der Waals surface area contributed by atoms with Gasteiger partial charge in [-0.15, -0.1) is 0 Å². The maximum absolute atomic E-state index is 10.7. The standard InChI is InChI=1S/C14H13NO3/c1-2-10-3-6-12(7-4-10)18-13-8-5-11(9-15-13)14(16)17/h3-9H,2H2,1H3,(H,16,17). The van der Waals surface area contributed by atoms with Gasteiger partial charge >= 0.3 is 5.97 Å². The van der Waals surface area contributed by atoms with Crippen LogP contribution in [0.5, 0.6) is 11.6 Å². The lowest BCUT2D eigenvalue weighted by Gasteiger charge is -2.05. The first-order valence-electron chi connectivity index (χ1n) is 5.65. The highest BCUT2D eigenvalue weighted by atomic mass is 16.5. The molecule has 4 heteroatoms. The van der Waals surface area contributed by atoms with E-state index in [1.54, 1.807) is 0 Å². The Morgan fingerprint density at radius 1 is 1.22 bits per heavy atom. The van der Waals surface area contributed by atoms with Gasteiger partial charge in [-0.25, -0.2) is 9.78 Å². The van der Waals surface area contributed by atoms with Crippen LogP contribution in [0.2, 0.25) is 0 Å². The molecule has 2 rings (SSSR count). The number of carboxylic acid groups (broad SMARTS) is 1. The molecule has 0 aliphatic rings. The molecule has 1 heterocycles. The van der Waals surface area contributed by atoms with Crippen LogP contribution in [0.1, 0.15) is 22.8 Å². The van der Waals surface area contributed by atoms with Crippen LogP contribution in [0.25, 0.3) is 0 Å². The maximum atomic E-state index is 10.7. The SMILES string of the molecule is CCc1ccc(Oc2ccc(C(=O)O)cn2)cc1. The maximum Gasteiger partial charge on any atom is 0.337 e. The number of hydrogen-bond donors (Lipinski definition) is 1. The lowest BCUT2D eigenvalue weighted by atomic mass is 10.2. The van der Waals surface area contributed by atoms with Crippen LogP contribution < -0.4 is 4.74 Å². The summed E-state index contributed by atoms with van der Waals surface area (Å²) < 4.78 is 5.51. The Morgan fingerprint density at radius 3 is 2.44 bits per heavy atom. The number of aryl methyl sites for hydroxylation is 1. The number of carbonyl (C=O) groups is 1. The van der Waals surface area contributed by atoms with Crippen molar-refractivity contribution in [1.82, 2.24) is 4.98 Å². The van der Waals surface area contributed by atoms with E-state index in [1.165, 1.54) is 23.9 Å². The molecule has 0 unspecified atom stereocenters. The van der Waals surface area contributed by atoms with E-state index >= 15 is 0 Å². The third-order valence-electron chi connectivity index (χ3n) is 2.54. The van der Waals surface area contributed by atoms with Crippen molar-refractivity contribution < 1.29 is 14.6 Å². The average Bonchev–Trinajstić information content (AvgIpc) is 2.40. The lowest BCUT2D eigenvalue weighted by Crippen LogP contribution is -1.97. The zero-order valence-corrected chi connectivity index (χ0v) is 9.96. The number of aromatic nitrogens is 1. The first-order valence-corrected chi connectivity index (χ1v) is 5.65. The van der Waals surface area contributed by atoms with E-state index in [1.807, 2.05) is 24.3 Å². The summed E-state index contributed by atoms with van der Waals surface area (Å²) >= 11 is 0. The number of aromatic carboxylic acids is 1. The summed E-state index contributed by atoms with van der Waals surface area (Å²) in [5.41, 5.74) is 1.38. The minimum atomic E-state index is -0.999. The molecular weight excluding hydrogens is 230 g/mol. The average molecular weight is 243 g/mol. The normalized spacial score (nSPS) is 10.1. The van der Waals surface area contributed by atoms with E-state index in [0.29, 0.717) is 11.6 Å². The van der Waals surface area contributed by atoms with E-state index < -0.39 is 5.97 Å². The number of hydrogen-bond acceptors (Lipinski definition) is 3. The minimum Gasteiger partial charge on any atom is -0.478 e. The van der Waals surface area contributed by atoms with Gasteiger partial charge in [-0.2, -0.15) is 0 Å². The predicted molar refractivity (Wildman–Crippen MR) is 67.1 cm³/mol. The van der Waals surface area contributed by atoms with Gasteiger partial charge in [0.15, 0.2) is 0 Å². The molecule has 0 amide bonds. The van der Waals surface area contributed by atoms with E-state index in [0.717, 1.165) is 6.42 Å². The number of pyridine rings is 1. The second-order valence-corrected chi connectivity index (χ2v) is 3.79. The lowest BCUT2D eigenvalue weighted by molar-refractivity contribution is 0.0696. The molecule has 1 N–H and O–H groups in total. The summed E-state index contributed by atoms with van der Waals surface area (Å²) in [7, 11) is 0. The van der Waals surface area contributed by atoms with Crippen molar-refractivity contribution in [2.24, 2.45) is 0 Å². The Kier molecular flexibility index (Phi) is 3.57. The Bertz CT molecular complexity index is 532. The summed E-state index contributed by atoms with van der Waals surface area (Å²) in [5.74, 6) is 0.0633. The summed E-state index contributed by atoms with van der Waals surface area (Å²) in [5, 5.41) is 8.74. The van der Waals surface area contributed by atoms with E-state index in [9.17, 15) is 4.79 Å². The number of rotatable bonds is 4. The molecular formula is C14H13NO3. The Labute approximate surface area is 105 Å². The third-order valence-corrected chi connectivity index (χ3v) is 2.54. The molecule has 0 spiro atoms. The van der Waals surface area contributed by atoms with Crippen LogP contribution >= 0.6 is 0 Å². The fourth-order valence-electron chi connectivity index (χ4n) is 1.48. The van der Waals surface area contributed by atoms with E-state index in [-0.39, 0.29) is 5.56 Å². The van der Waals surface area contributed by atoms with Crippen molar-refractivity contribution in [3.05, 3.63) is 53.7 Å². The largest absolute Gasteiger partial charge is 0.478 e. The van der Waals surface area contributed by atoms with Crippen LogP contribution in [0.15, 0.2) is 42.6 Å². The van der Waals surface area contributed by atoms with Crippen LogP contribution in [0.4, 0.5) is 0 Å². The van der Waals surface area contributed by atoms with Crippen molar-refractivity contribution in [3.63, 3.8) is 0 Å². The van der Waals surface area contributed by atoms with Gasteiger partial charge in [0.2, 0.25) is 5.88 Å². The van der Waals surface area contributed by atoms with Gasteiger partial charge in [-0.3, -0.25) is 0 Å². The summed E-state index contributed by atoms with van der Waals surface area (Å²) in [6.45, 7) is 2.09. The molecule has 1 aromatic heterocycles. The first-order chi connectivity index (χ1) is 8.69. The molecule has 1 aromatic carbocycles. The minimum absolute atomic E-state index is 0.142. The molecule has 4 nitrogen and oxygen atoms in total. The van der Waals surface area contributed by atoms with Gasteiger partial charge in [0.1, 0.15) is 5.75 Å². The van der Waals surface area contributed by atoms with Crippen LogP contribution in [-0.2, 0) is 6.42 Å². The van der Waals surface area contributed by atoms with Crippen LogP contribution in [0.3, 0.4) is 0 Å². The van der Waals surface area contributed by atoms with E-state index in [4.69, 9.17) is 9.84 Å². The zero-order valence-electron chi connectivity index (χ0n) is 9.96. The molecule has 0 aliphatic heterocycles. The number of benzene rings is 1. The van der Waals surface area contributed by atoms with Gasteiger partial charge in [-0.05, 0) is 30.2 Å². The molecule has 2 aromatic rings. The predicted octanol–water partition coefficient (Wildman–Crippen LogP) is 3.13. The highest BCUT2D eigenvalue weighted by Gasteiger charge is 2.04. The van der Waals surface area contributed by atoms with Gasteiger partial charge in [0.05, 0.1) is 5.56 Å². The molecule has 0 fully saturated rings.